The van der Waals surface area contributed by atoms with Gasteiger partial charge in [0.2, 0.25) is 5.82 Å². The summed E-state index contributed by atoms with van der Waals surface area (Å²) in [6, 6.07) is 3.23. The summed E-state index contributed by atoms with van der Waals surface area (Å²) in [5.74, 6) is -0.799. The van der Waals surface area contributed by atoms with Crippen molar-refractivity contribution in [1.82, 2.24) is 14.8 Å². The van der Waals surface area contributed by atoms with Gasteiger partial charge in [-0.15, -0.1) is 5.10 Å². The van der Waals surface area contributed by atoms with Crippen molar-refractivity contribution in [1.29, 1.82) is 0 Å². The van der Waals surface area contributed by atoms with Crippen LogP contribution in [0.1, 0.15) is 11.4 Å². The van der Waals surface area contributed by atoms with Crippen LogP contribution in [-0.2, 0) is 6.54 Å². The van der Waals surface area contributed by atoms with Crippen LogP contribution in [0, 0.1) is 11.6 Å². The zero-order valence-corrected chi connectivity index (χ0v) is 9.42. The van der Waals surface area contributed by atoms with Gasteiger partial charge in [0.25, 0.3) is 0 Å². The van der Waals surface area contributed by atoms with E-state index in [-0.39, 0.29) is 22.9 Å². The zero-order chi connectivity index (χ0) is 12.4. The standard InChI is InChI=1S/C10H8F2N4S/c11-7-1-2-8(12)6(3-7)4-16-5-14-10(15-16)9(13)17/h1-3,5H,4H2,(H2,13,17). The van der Waals surface area contributed by atoms with E-state index in [1.54, 1.807) is 0 Å². The summed E-state index contributed by atoms with van der Waals surface area (Å²) in [5.41, 5.74) is 5.52. The van der Waals surface area contributed by atoms with E-state index in [0.29, 0.717) is 0 Å². The maximum absolute atomic E-state index is 13.3. The molecule has 1 aromatic heterocycles. The third kappa shape index (κ3) is 2.62. The van der Waals surface area contributed by atoms with Crippen molar-refractivity contribution in [3.8, 4) is 0 Å². The molecule has 2 aromatic rings. The molecule has 88 valence electrons. The third-order valence-electron chi connectivity index (χ3n) is 2.10. The number of halogens is 2. The average Bonchev–Trinajstić information content (AvgIpc) is 2.72. The quantitative estimate of drug-likeness (QED) is 0.837. The fourth-order valence-electron chi connectivity index (χ4n) is 1.32. The van der Waals surface area contributed by atoms with Gasteiger partial charge in [-0.25, -0.2) is 18.4 Å². The van der Waals surface area contributed by atoms with Crippen LogP contribution in [0.3, 0.4) is 0 Å². The van der Waals surface area contributed by atoms with E-state index < -0.39 is 11.6 Å². The van der Waals surface area contributed by atoms with E-state index in [9.17, 15) is 8.78 Å². The summed E-state index contributed by atoms with van der Waals surface area (Å²) in [4.78, 5) is 3.89. The lowest BCUT2D eigenvalue weighted by Gasteiger charge is -2.02. The summed E-state index contributed by atoms with van der Waals surface area (Å²) >= 11 is 4.69. The second kappa shape index (κ2) is 4.54. The molecule has 0 bridgehead atoms. The first-order valence-electron chi connectivity index (χ1n) is 4.69. The minimum absolute atomic E-state index is 0.0588. The molecule has 0 atom stereocenters. The van der Waals surface area contributed by atoms with Crippen molar-refractivity contribution < 1.29 is 8.78 Å². The topological polar surface area (TPSA) is 56.7 Å². The molecule has 0 aliphatic carbocycles. The minimum atomic E-state index is -0.504. The van der Waals surface area contributed by atoms with Gasteiger partial charge in [-0.3, -0.25) is 0 Å². The number of benzene rings is 1. The minimum Gasteiger partial charge on any atom is -0.387 e. The van der Waals surface area contributed by atoms with Crippen LogP contribution >= 0.6 is 12.2 Å². The Balaban J connectivity index is 2.25. The van der Waals surface area contributed by atoms with Gasteiger partial charge in [-0.2, -0.15) is 0 Å². The Hall–Kier alpha value is -1.89. The molecular weight excluding hydrogens is 246 g/mol. The van der Waals surface area contributed by atoms with E-state index in [0.717, 1.165) is 18.2 Å². The van der Waals surface area contributed by atoms with Crippen LogP contribution in [0.15, 0.2) is 24.5 Å². The number of nitrogens with two attached hydrogens (primary N) is 1. The summed E-state index contributed by atoms with van der Waals surface area (Å²) in [6.07, 6.45) is 1.36. The molecule has 0 saturated heterocycles. The molecule has 4 nitrogen and oxygen atoms in total. The molecule has 1 heterocycles. The third-order valence-corrected chi connectivity index (χ3v) is 2.28. The normalized spacial score (nSPS) is 10.5. The van der Waals surface area contributed by atoms with Crippen LogP contribution in [0.25, 0.3) is 0 Å². The first-order valence-corrected chi connectivity index (χ1v) is 5.10. The molecule has 0 aliphatic heterocycles. The lowest BCUT2D eigenvalue weighted by atomic mass is 10.2. The highest BCUT2D eigenvalue weighted by Crippen LogP contribution is 2.10. The highest BCUT2D eigenvalue weighted by atomic mass is 32.1. The lowest BCUT2D eigenvalue weighted by molar-refractivity contribution is 0.566. The molecule has 2 N–H and O–H groups in total. The molecule has 0 radical (unpaired) electrons. The van der Waals surface area contributed by atoms with Crippen molar-refractivity contribution in [2.75, 3.05) is 0 Å². The molecule has 2 rings (SSSR count). The van der Waals surface area contributed by atoms with Gasteiger partial charge in [-0.05, 0) is 18.2 Å². The lowest BCUT2D eigenvalue weighted by Crippen LogP contribution is -2.12. The van der Waals surface area contributed by atoms with Gasteiger partial charge in [0.15, 0.2) is 0 Å². The molecule has 0 spiro atoms. The average molecular weight is 254 g/mol. The van der Waals surface area contributed by atoms with Gasteiger partial charge in [0, 0.05) is 5.56 Å². The van der Waals surface area contributed by atoms with E-state index in [1.807, 2.05) is 0 Å². The number of hydrogen-bond donors (Lipinski definition) is 1. The van der Waals surface area contributed by atoms with E-state index >= 15 is 0 Å². The van der Waals surface area contributed by atoms with Crippen LogP contribution in [0.2, 0.25) is 0 Å². The molecule has 0 amide bonds. The highest BCUT2D eigenvalue weighted by Gasteiger charge is 2.07. The van der Waals surface area contributed by atoms with E-state index in [4.69, 9.17) is 18.0 Å². The van der Waals surface area contributed by atoms with E-state index in [2.05, 4.69) is 10.1 Å². The second-order valence-electron chi connectivity index (χ2n) is 3.37. The van der Waals surface area contributed by atoms with Gasteiger partial charge in [0.1, 0.15) is 23.0 Å². The summed E-state index contributed by atoms with van der Waals surface area (Å²) in [5, 5.41) is 3.93. The van der Waals surface area contributed by atoms with Crippen molar-refractivity contribution >= 4 is 17.2 Å². The number of thiocarbonyl (C=S) groups is 1. The molecular formula is C10H8F2N4S. The number of rotatable bonds is 3. The zero-order valence-electron chi connectivity index (χ0n) is 8.60. The molecule has 0 fully saturated rings. The molecule has 0 aliphatic rings. The largest absolute Gasteiger partial charge is 0.387 e. The van der Waals surface area contributed by atoms with Crippen molar-refractivity contribution in [2.45, 2.75) is 6.54 Å². The molecule has 1 aromatic carbocycles. The Bertz CT molecular complexity index is 567. The number of aromatic nitrogens is 3. The smallest absolute Gasteiger partial charge is 0.208 e. The summed E-state index contributed by atoms with van der Waals surface area (Å²) in [7, 11) is 0. The highest BCUT2D eigenvalue weighted by molar-refractivity contribution is 7.80. The van der Waals surface area contributed by atoms with Gasteiger partial charge in [0.05, 0.1) is 6.54 Å². The monoisotopic (exact) mass is 254 g/mol. The Morgan fingerprint density at radius 2 is 2.18 bits per heavy atom. The summed E-state index contributed by atoms with van der Waals surface area (Å²) in [6.45, 7) is 0.0687. The number of nitrogens with zero attached hydrogens (tertiary/aromatic N) is 3. The molecule has 17 heavy (non-hydrogen) atoms. The van der Waals surface area contributed by atoms with Gasteiger partial charge >= 0.3 is 0 Å². The maximum Gasteiger partial charge on any atom is 0.208 e. The first-order chi connectivity index (χ1) is 8.06. The van der Waals surface area contributed by atoms with Crippen LogP contribution in [0.4, 0.5) is 8.78 Å². The predicted octanol–water partition coefficient (Wildman–Crippen LogP) is 1.24. The van der Waals surface area contributed by atoms with E-state index in [1.165, 1.54) is 11.0 Å². The fourth-order valence-corrected chi connectivity index (χ4v) is 1.42. The second-order valence-corrected chi connectivity index (χ2v) is 3.81. The Kier molecular flexibility index (Phi) is 3.10. The van der Waals surface area contributed by atoms with Crippen LogP contribution in [-0.4, -0.2) is 19.8 Å². The first kappa shape index (κ1) is 11.6. The Morgan fingerprint density at radius 1 is 1.41 bits per heavy atom. The van der Waals surface area contributed by atoms with Crippen molar-refractivity contribution in [3.63, 3.8) is 0 Å². The Morgan fingerprint density at radius 3 is 2.82 bits per heavy atom. The summed E-state index contributed by atoms with van der Waals surface area (Å²) < 4.78 is 27.6. The molecule has 0 saturated carbocycles. The molecule has 7 heteroatoms. The van der Waals surface area contributed by atoms with Crippen LogP contribution < -0.4 is 5.73 Å². The van der Waals surface area contributed by atoms with Gasteiger partial charge in [-0.1, -0.05) is 12.2 Å². The van der Waals surface area contributed by atoms with Gasteiger partial charge < -0.3 is 5.73 Å². The SMILES string of the molecule is NC(=S)c1ncn(Cc2cc(F)ccc2F)n1. The Labute approximate surface area is 101 Å². The van der Waals surface area contributed by atoms with Crippen molar-refractivity contribution in [3.05, 3.63) is 47.5 Å². The predicted molar refractivity (Wildman–Crippen MR) is 61.4 cm³/mol. The number of hydrogen-bond acceptors (Lipinski definition) is 3. The van der Waals surface area contributed by atoms with Crippen molar-refractivity contribution in [2.24, 2.45) is 5.73 Å². The maximum atomic E-state index is 13.3. The fraction of sp³-hybridized carbons (Fsp3) is 0.100. The van der Waals surface area contributed by atoms with Crippen LogP contribution in [0.5, 0.6) is 0 Å². The molecule has 0 unspecified atom stereocenters.